The van der Waals surface area contributed by atoms with Crippen molar-refractivity contribution in [3.63, 3.8) is 0 Å². The first-order chi connectivity index (χ1) is 14.7. The third kappa shape index (κ3) is 4.84. The molecule has 31 heavy (non-hydrogen) atoms. The quantitative estimate of drug-likeness (QED) is 0.678. The van der Waals surface area contributed by atoms with Crippen LogP contribution in [0.15, 0.2) is 24.3 Å². The molecule has 1 aliphatic heterocycles. The molecule has 0 radical (unpaired) electrons. The predicted molar refractivity (Wildman–Crippen MR) is 113 cm³/mol. The Balaban J connectivity index is 1.62. The number of hydrogen-bond acceptors (Lipinski definition) is 6. The van der Waals surface area contributed by atoms with E-state index in [0.717, 1.165) is 16.9 Å². The number of nitrogens with zero attached hydrogens (tertiary/aromatic N) is 3. The molecule has 2 aromatic rings. The molecule has 0 bridgehead atoms. The van der Waals surface area contributed by atoms with E-state index < -0.39 is 11.6 Å². The molecule has 0 N–H and O–H groups in total. The summed E-state index contributed by atoms with van der Waals surface area (Å²) in [6.07, 6.45) is 2.73. The van der Waals surface area contributed by atoms with Crippen LogP contribution in [-0.2, 0) is 27.2 Å². The Morgan fingerprint density at radius 1 is 1.16 bits per heavy atom. The largest absolute Gasteiger partial charge is 0.466 e. The maximum absolute atomic E-state index is 12.6. The summed E-state index contributed by atoms with van der Waals surface area (Å²) < 4.78 is 17.7. The molecule has 8 nitrogen and oxygen atoms in total. The zero-order valence-electron chi connectivity index (χ0n) is 18.5. The lowest BCUT2D eigenvalue weighted by Gasteiger charge is -2.30. The van der Waals surface area contributed by atoms with Crippen molar-refractivity contribution < 1.29 is 23.8 Å². The zero-order chi connectivity index (χ0) is 22.2. The molecule has 1 aliphatic carbocycles. The first-order valence-corrected chi connectivity index (χ1v) is 10.6. The molecule has 4 rings (SSSR count). The number of aromatic nitrogens is 2. The van der Waals surface area contributed by atoms with Gasteiger partial charge < -0.3 is 19.1 Å². The summed E-state index contributed by atoms with van der Waals surface area (Å²) in [5, 5.41) is 4.63. The van der Waals surface area contributed by atoms with Crippen LogP contribution in [0.5, 0.6) is 5.88 Å². The van der Waals surface area contributed by atoms with Crippen molar-refractivity contribution in [3.05, 3.63) is 41.1 Å². The summed E-state index contributed by atoms with van der Waals surface area (Å²) in [6.45, 7) is 6.11. The SMILES string of the molecule is COC(=O)COc1nn(-c2ccc(C3CC3)cc2)c2c1CN(C(=O)OC(C)(C)C)CC2. The average molecular weight is 428 g/mol. The van der Waals surface area contributed by atoms with Crippen molar-refractivity contribution in [2.24, 2.45) is 0 Å². The molecule has 1 amide bonds. The minimum absolute atomic E-state index is 0.243. The van der Waals surface area contributed by atoms with Gasteiger partial charge in [-0.25, -0.2) is 14.3 Å². The fourth-order valence-corrected chi connectivity index (χ4v) is 3.69. The number of fused-ring (bicyclic) bond motifs is 1. The third-order valence-corrected chi connectivity index (χ3v) is 5.41. The smallest absolute Gasteiger partial charge is 0.410 e. The molecule has 0 spiro atoms. The first kappa shape index (κ1) is 21.2. The number of amides is 1. The Kier molecular flexibility index (Phi) is 5.64. The summed E-state index contributed by atoms with van der Waals surface area (Å²) >= 11 is 0. The topological polar surface area (TPSA) is 82.9 Å². The molecule has 1 aromatic carbocycles. The van der Waals surface area contributed by atoms with Gasteiger partial charge in [-0.05, 0) is 57.2 Å². The highest BCUT2D eigenvalue weighted by Crippen LogP contribution is 2.40. The van der Waals surface area contributed by atoms with Crippen molar-refractivity contribution >= 4 is 12.1 Å². The summed E-state index contributed by atoms with van der Waals surface area (Å²) in [7, 11) is 1.31. The maximum Gasteiger partial charge on any atom is 0.410 e. The molecule has 166 valence electrons. The maximum atomic E-state index is 12.6. The normalized spacial score (nSPS) is 15.9. The number of carbonyl (C=O) groups excluding carboxylic acids is 2. The van der Waals surface area contributed by atoms with Crippen LogP contribution < -0.4 is 4.74 Å². The van der Waals surface area contributed by atoms with E-state index in [0.29, 0.717) is 31.3 Å². The summed E-state index contributed by atoms with van der Waals surface area (Å²) in [5.41, 5.74) is 3.46. The van der Waals surface area contributed by atoms with Gasteiger partial charge in [0.25, 0.3) is 0 Å². The molecule has 0 unspecified atom stereocenters. The van der Waals surface area contributed by atoms with Gasteiger partial charge in [0, 0.05) is 13.0 Å². The molecule has 1 saturated carbocycles. The Morgan fingerprint density at radius 2 is 1.87 bits per heavy atom. The molecular weight excluding hydrogens is 398 g/mol. The van der Waals surface area contributed by atoms with E-state index in [-0.39, 0.29) is 12.7 Å². The van der Waals surface area contributed by atoms with Gasteiger partial charge in [0.1, 0.15) is 5.60 Å². The summed E-state index contributed by atoms with van der Waals surface area (Å²) in [6, 6.07) is 8.41. The molecule has 1 fully saturated rings. The van der Waals surface area contributed by atoms with Gasteiger partial charge in [-0.3, -0.25) is 0 Å². The number of ether oxygens (including phenoxy) is 3. The van der Waals surface area contributed by atoms with E-state index in [4.69, 9.17) is 9.47 Å². The van der Waals surface area contributed by atoms with E-state index in [2.05, 4.69) is 34.1 Å². The Morgan fingerprint density at radius 3 is 2.48 bits per heavy atom. The highest BCUT2D eigenvalue weighted by molar-refractivity contribution is 5.71. The van der Waals surface area contributed by atoms with Crippen molar-refractivity contribution in [1.82, 2.24) is 14.7 Å². The lowest BCUT2D eigenvalue weighted by atomic mass is 10.1. The number of carbonyl (C=O) groups is 2. The molecule has 2 aliphatic rings. The minimum Gasteiger partial charge on any atom is -0.466 e. The molecule has 0 atom stereocenters. The van der Waals surface area contributed by atoms with Crippen LogP contribution in [0.4, 0.5) is 4.79 Å². The lowest BCUT2D eigenvalue weighted by Crippen LogP contribution is -2.40. The van der Waals surface area contributed by atoms with Gasteiger partial charge in [0.2, 0.25) is 5.88 Å². The van der Waals surface area contributed by atoms with Gasteiger partial charge in [-0.15, -0.1) is 5.10 Å². The van der Waals surface area contributed by atoms with Gasteiger partial charge in [-0.2, -0.15) is 0 Å². The van der Waals surface area contributed by atoms with Gasteiger partial charge in [0.15, 0.2) is 6.61 Å². The standard InChI is InChI=1S/C23H29N3O5/c1-23(2,3)31-22(28)25-12-11-19-18(13-25)21(30-14-20(27)29-4)24-26(19)17-9-7-16(8-10-17)15-5-6-15/h7-10,15H,5-6,11-14H2,1-4H3. The highest BCUT2D eigenvalue weighted by atomic mass is 16.6. The summed E-state index contributed by atoms with van der Waals surface area (Å²) in [4.78, 5) is 25.8. The van der Waals surface area contributed by atoms with E-state index >= 15 is 0 Å². The van der Waals surface area contributed by atoms with E-state index in [9.17, 15) is 9.59 Å². The number of esters is 1. The number of methoxy groups -OCH3 is 1. The van der Waals surface area contributed by atoms with Crippen LogP contribution in [0.25, 0.3) is 5.69 Å². The van der Waals surface area contributed by atoms with Crippen LogP contribution >= 0.6 is 0 Å². The fourth-order valence-electron chi connectivity index (χ4n) is 3.69. The van der Waals surface area contributed by atoms with E-state index in [1.54, 1.807) is 4.90 Å². The zero-order valence-corrected chi connectivity index (χ0v) is 18.5. The highest BCUT2D eigenvalue weighted by Gasteiger charge is 2.32. The van der Waals surface area contributed by atoms with E-state index in [1.807, 2.05) is 25.5 Å². The number of benzene rings is 1. The van der Waals surface area contributed by atoms with Gasteiger partial charge in [0.05, 0.1) is 30.6 Å². The molecule has 0 saturated heterocycles. The Bertz CT molecular complexity index is 970. The van der Waals surface area contributed by atoms with Crippen molar-refractivity contribution in [2.45, 2.75) is 58.1 Å². The number of hydrogen-bond donors (Lipinski definition) is 0. The average Bonchev–Trinajstić information content (AvgIpc) is 3.52. The second kappa shape index (κ2) is 8.24. The second-order valence-electron chi connectivity index (χ2n) is 9.02. The monoisotopic (exact) mass is 427 g/mol. The summed E-state index contributed by atoms with van der Waals surface area (Å²) in [5.74, 6) is 0.527. The van der Waals surface area contributed by atoms with Crippen LogP contribution in [0.2, 0.25) is 0 Å². The van der Waals surface area contributed by atoms with Crippen molar-refractivity contribution in [2.75, 3.05) is 20.3 Å². The Labute approximate surface area is 182 Å². The minimum atomic E-state index is -0.574. The van der Waals surface area contributed by atoms with Crippen LogP contribution in [0.1, 0.15) is 56.4 Å². The van der Waals surface area contributed by atoms with Crippen LogP contribution in [0, 0.1) is 0 Å². The van der Waals surface area contributed by atoms with Gasteiger partial charge >= 0.3 is 12.1 Å². The molecular formula is C23H29N3O5. The van der Waals surface area contributed by atoms with E-state index in [1.165, 1.54) is 25.5 Å². The van der Waals surface area contributed by atoms with Crippen molar-refractivity contribution in [3.8, 4) is 11.6 Å². The molecule has 8 heteroatoms. The first-order valence-electron chi connectivity index (χ1n) is 10.6. The van der Waals surface area contributed by atoms with Crippen molar-refractivity contribution in [1.29, 1.82) is 0 Å². The lowest BCUT2D eigenvalue weighted by molar-refractivity contribution is -0.143. The Hall–Kier alpha value is -3.03. The third-order valence-electron chi connectivity index (χ3n) is 5.41. The fraction of sp³-hybridized carbons (Fsp3) is 0.522. The molecule has 2 heterocycles. The van der Waals surface area contributed by atoms with Crippen LogP contribution in [0.3, 0.4) is 0 Å². The predicted octanol–water partition coefficient (Wildman–Crippen LogP) is 3.59. The second-order valence-corrected chi connectivity index (χ2v) is 9.02. The number of rotatable bonds is 5. The van der Waals surface area contributed by atoms with Crippen LogP contribution in [-0.4, -0.2) is 52.6 Å². The van der Waals surface area contributed by atoms with Gasteiger partial charge in [-0.1, -0.05) is 12.1 Å². The molecule has 1 aromatic heterocycles.